The third kappa shape index (κ3) is 3.64. The molecule has 5 nitrogen and oxygen atoms in total. The minimum Gasteiger partial charge on any atom is -0.400 e. The van der Waals surface area contributed by atoms with Gasteiger partial charge in [0.15, 0.2) is 6.29 Å². The smallest absolute Gasteiger partial charge is 0.157 e. The zero-order valence-corrected chi connectivity index (χ0v) is 6.34. The first-order valence-corrected chi connectivity index (χ1v) is 3.30. The predicted molar refractivity (Wildman–Crippen MR) is 36.7 cm³/mol. The van der Waals surface area contributed by atoms with E-state index in [1.54, 1.807) is 0 Å². The highest BCUT2D eigenvalue weighted by atomic mass is 16.6. The molecule has 1 saturated heterocycles. The molecule has 68 valence electrons. The maximum absolute atomic E-state index is 8.86. The summed E-state index contributed by atoms with van der Waals surface area (Å²) in [6, 6.07) is 0. The van der Waals surface area contributed by atoms with E-state index < -0.39 is 18.5 Å². The molecular formula is C6H14O5. The topological polar surface area (TPSA) is 90.2 Å². The fourth-order valence-electron chi connectivity index (χ4n) is 0.752. The van der Waals surface area contributed by atoms with Gasteiger partial charge in [-0.25, -0.2) is 0 Å². The van der Waals surface area contributed by atoms with Gasteiger partial charge in [0.1, 0.15) is 6.10 Å². The first-order valence-electron chi connectivity index (χ1n) is 3.30. The van der Waals surface area contributed by atoms with Gasteiger partial charge in [0.05, 0.1) is 12.7 Å². The summed E-state index contributed by atoms with van der Waals surface area (Å²) in [5.41, 5.74) is 0. The Kier molecular flexibility index (Phi) is 5.35. The Hall–Kier alpha value is -0.200. The van der Waals surface area contributed by atoms with Crippen molar-refractivity contribution in [3.05, 3.63) is 0 Å². The second-order valence-corrected chi connectivity index (χ2v) is 2.16. The first kappa shape index (κ1) is 10.8. The number of hydrogen-bond donors (Lipinski definition) is 4. The van der Waals surface area contributed by atoms with Gasteiger partial charge in [-0.3, -0.25) is 0 Å². The van der Waals surface area contributed by atoms with Crippen LogP contribution >= 0.6 is 0 Å². The Morgan fingerprint density at radius 1 is 1.09 bits per heavy atom. The summed E-state index contributed by atoms with van der Waals surface area (Å²) >= 11 is 0. The van der Waals surface area contributed by atoms with Crippen molar-refractivity contribution in [2.24, 2.45) is 0 Å². The fourth-order valence-corrected chi connectivity index (χ4v) is 0.752. The standard InChI is InChI=1S/C5H10O4.CH4O/c6-3-1-5(8)9-2-4(3)7;1-2/h3-8H,1-2H2;2H,1H3. The summed E-state index contributed by atoms with van der Waals surface area (Å²) in [6.07, 6.45) is -2.49. The average Bonchev–Trinajstić information content (AvgIpc) is 2.02. The van der Waals surface area contributed by atoms with Crippen molar-refractivity contribution in [3.8, 4) is 0 Å². The first-order chi connectivity index (χ1) is 5.20. The molecule has 0 aromatic heterocycles. The number of ether oxygens (including phenoxy) is 1. The highest BCUT2D eigenvalue weighted by molar-refractivity contribution is 4.72. The number of rotatable bonds is 0. The van der Waals surface area contributed by atoms with Gasteiger partial charge in [-0.1, -0.05) is 0 Å². The van der Waals surface area contributed by atoms with Crippen molar-refractivity contribution < 1.29 is 25.2 Å². The summed E-state index contributed by atoms with van der Waals surface area (Å²) in [5.74, 6) is 0. The molecule has 0 spiro atoms. The lowest BCUT2D eigenvalue weighted by Crippen LogP contribution is -2.40. The Morgan fingerprint density at radius 3 is 2.00 bits per heavy atom. The lowest BCUT2D eigenvalue weighted by atomic mass is 10.1. The molecule has 0 aliphatic carbocycles. The van der Waals surface area contributed by atoms with Crippen LogP contribution in [0.4, 0.5) is 0 Å². The van der Waals surface area contributed by atoms with E-state index >= 15 is 0 Å². The number of hydrogen-bond acceptors (Lipinski definition) is 5. The van der Waals surface area contributed by atoms with Gasteiger partial charge in [0.2, 0.25) is 0 Å². The fraction of sp³-hybridized carbons (Fsp3) is 1.00. The lowest BCUT2D eigenvalue weighted by molar-refractivity contribution is -0.193. The van der Waals surface area contributed by atoms with Crippen molar-refractivity contribution in [1.82, 2.24) is 0 Å². The highest BCUT2D eigenvalue weighted by Gasteiger charge is 2.26. The van der Waals surface area contributed by atoms with E-state index in [1.807, 2.05) is 0 Å². The zero-order valence-electron chi connectivity index (χ0n) is 6.34. The molecule has 0 aromatic carbocycles. The van der Waals surface area contributed by atoms with Gasteiger partial charge in [0, 0.05) is 13.5 Å². The van der Waals surface area contributed by atoms with Crippen LogP contribution in [0.1, 0.15) is 6.42 Å². The molecule has 11 heavy (non-hydrogen) atoms. The van der Waals surface area contributed by atoms with Gasteiger partial charge in [-0.15, -0.1) is 0 Å². The summed E-state index contributed by atoms with van der Waals surface area (Å²) in [6.45, 7) is 0.0162. The van der Waals surface area contributed by atoms with Gasteiger partial charge < -0.3 is 25.2 Å². The van der Waals surface area contributed by atoms with Crippen molar-refractivity contribution in [3.63, 3.8) is 0 Å². The maximum Gasteiger partial charge on any atom is 0.157 e. The molecule has 1 aliphatic heterocycles. The van der Waals surface area contributed by atoms with Crippen LogP contribution in [0, 0.1) is 0 Å². The molecule has 0 bridgehead atoms. The van der Waals surface area contributed by atoms with Gasteiger partial charge in [-0.2, -0.15) is 0 Å². The third-order valence-corrected chi connectivity index (χ3v) is 1.35. The summed E-state index contributed by atoms with van der Waals surface area (Å²) in [4.78, 5) is 0. The van der Waals surface area contributed by atoms with E-state index in [0.29, 0.717) is 0 Å². The summed E-state index contributed by atoms with van der Waals surface area (Å²) in [7, 11) is 1.00. The molecule has 3 atom stereocenters. The minimum absolute atomic E-state index is 0.0162. The van der Waals surface area contributed by atoms with E-state index in [-0.39, 0.29) is 13.0 Å². The average molecular weight is 166 g/mol. The molecule has 4 N–H and O–H groups in total. The monoisotopic (exact) mass is 166 g/mol. The SMILES string of the molecule is CO.OC1CC(O)C(O)CO1. The molecule has 0 aromatic rings. The second-order valence-electron chi connectivity index (χ2n) is 2.16. The lowest BCUT2D eigenvalue weighted by Gasteiger charge is -2.26. The Labute approximate surface area is 64.9 Å². The second kappa shape index (κ2) is 5.45. The predicted octanol–water partition coefficient (Wildman–Crippen LogP) is -1.94. The van der Waals surface area contributed by atoms with Crippen LogP contribution in [0.3, 0.4) is 0 Å². The van der Waals surface area contributed by atoms with E-state index in [9.17, 15) is 0 Å². The van der Waals surface area contributed by atoms with Crippen LogP contribution in [0.15, 0.2) is 0 Å². The molecule has 5 heteroatoms. The van der Waals surface area contributed by atoms with E-state index in [0.717, 1.165) is 7.11 Å². The summed E-state index contributed by atoms with van der Waals surface area (Å²) < 4.78 is 4.61. The van der Waals surface area contributed by atoms with Gasteiger partial charge >= 0.3 is 0 Å². The quantitative estimate of drug-likeness (QED) is 0.336. The molecule has 0 radical (unpaired) electrons. The van der Waals surface area contributed by atoms with Crippen LogP contribution in [0.2, 0.25) is 0 Å². The largest absolute Gasteiger partial charge is 0.400 e. The maximum atomic E-state index is 8.86. The van der Waals surface area contributed by atoms with Gasteiger partial charge in [0.25, 0.3) is 0 Å². The van der Waals surface area contributed by atoms with Crippen LogP contribution < -0.4 is 0 Å². The third-order valence-electron chi connectivity index (χ3n) is 1.35. The van der Waals surface area contributed by atoms with E-state index in [1.165, 1.54) is 0 Å². The molecule has 1 fully saturated rings. The van der Waals surface area contributed by atoms with Crippen molar-refractivity contribution in [2.75, 3.05) is 13.7 Å². The number of aliphatic hydroxyl groups is 4. The minimum atomic E-state index is -0.914. The zero-order chi connectivity index (χ0) is 8.85. The van der Waals surface area contributed by atoms with Crippen molar-refractivity contribution >= 4 is 0 Å². The van der Waals surface area contributed by atoms with E-state index in [4.69, 9.17) is 20.4 Å². The summed E-state index contributed by atoms with van der Waals surface area (Å²) in [5, 5.41) is 33.4. The van der Waals surface area contributed by atoms with Crippen molar-refractivity contribution in [2.45, 2.75) is 24.9 Å². The van der Waals surface area contributed by atoms with Crippen LogP contribution in [-0.2, 0) is 4.74 Å². The molecular weight excluding hydrogens is 152 g/mol. The number of aliphatic hydroxyl groups excluding tert-OH is 4. The molecule has 3 unspecified atom stereocenters. The molecule has 0 saturated carbocycles. The Balaban J connectivity index is 0.000000461. The van der Waals surface area contributed by atoms with Crippen LogP contribution in [0.5, 0.6) is 0 Å². The Morgan fingerprint density at radius 2 is 1.64 bits per heavy atom. The molecule has 1 rings (SSSR count). The highest BCUT2D eigenvalue weighted by Crippen LogP contribution is 2.11. The Bertz CT molecular complexity index is 97.0. The van der Waals surface area contributed by atoms with Crippen LogP contribution in [-0.4, -0.2) is 52.6 Å². The van der Waals surface area contributed by atoms with E-state index in [2.05, 4.69) is 4.74 Å². The van der Waals surface area contributed by atoms with Crippen LogP contribution in [0.25, 0.3) is 0 Å². The van der Waals surface area contributed by atoms with Crippen molar-refractivity contribution in [1.29, 1.82) is 0 Å². The molecule has 1 aliphatic rings. The van der Waals surface area contributed by atoms with Gasteiger partial charge in [-0.05, 0) is 0 Å². The molecule has 0 amide bonds. The normalized spacial score (nSPS) is 37.4. The molecule has 1 heterocycles.